The van der Waals surface area contributed by atoms with Gasteiger partial charge in [-0.2, -0.15) is 0 Å². The largest absolute Gasteiger partial charge is 0.508 e. The van der Waals surface area contributed by atoms with E-state index in [0.29, 0.717) is 36.4 Å². The molecule has 1 aromatic carbocycles. The van der Waals surface area contributed by atoms with Crippen molar-refractivity contribution in [2.75, 3.05) is 13.7 Å². The van der Waals surface area contributed by atoms with Crippen LogP contribution in [-0.4, -0.2) is 28.0 Å². The van der Waals surface area contributed by atoms with Gasteiger partial charge in [0.05, 0.1) is 30.9 Å². The van der Waals surface area contributed by atoms with Crippen LogP contribution in [0.5, 0.6) is 5.75 Å². The lowest BCUT2D eigenvalue weighted by Crippen LogP contribution is -2.43. The van der Waals surface area contributed by atoms with E-state index in [1.807, 2.05) is 19.1 Å². The summed E-state index contributed by atoms with van der Waals surface area (Å²) in [5, 5.41) is 9.51. The molecule has 150 valence electrons. The normalized spacial score (nSPS) is 15.4. The first kappa shape index (κ1) is 19.9. The van der Waals surface area contributed by atoms with Gasteiger partial charge < -0.3 is 14.7 Å². The minimum atomic E-state index is -0.347. The zero-order valence-electron chi connectivity index (χ0n) is 16.1. The molecule has 2 aromatic rings. The van der Waals surface area contributed by atoms with Crippen molar-refractivity contribution in [3.8, 4) is 5.75 Å². The highest BCUT2D eigenvalue weighted by Crippen LogP contribution is 2.36. The first-order chi connectivity index (χ1) is 13.5. The highest BCUT2D eigenvalue weighted by Gasteiger charge is 2.33. The molecule has 1 aliphatic carbocycles. The smallest absolute Gasteiger partial charge is 0.331 e. The monoisotopic (exact) mass is 387 g/mol. The van der Waals surface area contributed by atoms with Gasteiger partial charge >= 0.3 is 5.69 Å². The van der Waals surface area contributed by atoms with Crippen LogP contribution < -0.4 is 17.1 Å². The second kappa shape index (κ2) is 8.45. The SMILES string of the molecule is CCn1c2c(c(=O)n(CCCON)c1=O)C(Cc1ccc(O)cc1)C(OC)=C2. The van der Waals surface area contributed by atoms with Crippen LogP contribution >= 0.6 is 0 Å². The molecule has 1 aromatic heterocycles. The molecule has 1 aliphatic rings. The van der Waals surface area contributed by atoms with Crippen LogP contribution in [0, 0.1) is 0 Å². The van der Waals surface area contributed by atoms with Gasteiger partial charge in [0.25, 0.3) is 5.56 Å². The Morgan fingerprint density at radius 2 is 1.89 bits per heavy atom. The quantitative estimate of drug-likeness (QED) is 0.523. The zero-order chi connectivity index (χ0) is 20.3. The van der Waals surface area contributed by atoms with Gasteiger partial charge in [0.2, 0.25) is 0 Å². The van der Waals surface area contributed by atoms with Crippen molar-refractivity contribution in [1.82, 2.24) is 9.13 Å². The Balaban J connectivity index is 2.09. The fourth-order valence-electron chi connectivity index (χ4n) is 3.68. The molecule has 0 saturated carbocycles. The third-order valence-electron chi connectivity index (χ3n) is 5.05. The Morgan fingerprint density at radius 3 is 2.50 bits per heavy atom. The third-order valence-corrected chi connectivity index (χ3v) is 5.05. The van der Waals surface area contributed by atoms with Crippen LogP contribution in [0.3, 0.4) is 0 Å². The van der Waals surface area contributed by atoms with E-state index < -0.39 is 0 Å². The Morgan fingerprint density at radius 1 is 1.18 bits per heavy atom. The summed E-state index contributed by atoms with van der Waals surface area (Å²) in [5.41, 5.74) is 1.45. The average Bonchev–Trinajstić information content (AvgIpc) is 3.05. The summed E-state index contributed by atoms with van der Waals surface area (Å²) < 4.78 is 8.39. The van der Waals surface area contributed by atoms with E-state index in [-0.39, 0.29) is 36.1 Å². The van der Waals surface area contributed by atoms with Crippen molar-refractivity contribution in [2.45, 2.75) is 38.8 Å². The van der Waals surface area contributed by atoms with Crippen LogP contribution in [0.25, 0.3) is 6.08 Å². The second-order valence-corrected chi connectivity index (χ2v) is 6.68. The summed E-state index contributed by atoms with van der Waals surface area (Å²) in [5.74, 6) is 5.58. The number of hydrogen-bond donors (Lipinski definition) is 2. The summed E-state index contributed by atoms with van der Waals surface area (Å²) in [4.78, 5) is 30.6. The van der Waals surface area contributed by atoms with Crippen molar-refractivity contribution in [2.24, 2.45) is 5.90 Å². The minimum Gasteiger partial charge on any atom is -0.508 e. The number of phenols is 1. The molecular formula is C20H25N3O5. The number of phenolic OH excluding ortho intramolecular Hbond substituents is 1. The minimum absolute atomic E-state index is 0.183. The van der Waals surface area contributed by atoms with Crippen molar-refractivity contribution in [3.05, 3.63) is 67.7 Å². The average molecular weight is 387 g/mol. The molecule has 0 aliphatic heterocycles. The van der Waals surface area contributed by atoms with Gasteiger partial charge in [-0.25, -0.2) is 10.7 Å². The van der Waals surface area contributed by atoms with Gasteiger partial charge in [-0.3, -0.25) is 13.9 Å². The maximum atomic E-state index is 13.2. The Bertz CT molecular complexity index is 989. The number of aromatic hydroxyl groups is 1. The van der Waals surface area contributed by atoms with Crippen molar-refractivity contribution in [3.63, 3.8) is 0 Å². The molecule has 8 heteroatoms. The fourth-order valence-corrected chi connectivity index (χ4v) is 3.68. The van der Waals surface area contributed by atoms with E-state index in [1.165, 1.54) is 4.57 Å². The van der Waals surface area contributed by atoms with E-state index in [9.17, 15) is 14.7 Å². The Kier molecular flexibility index (Phi) is 6.01. The van der Waals surface area contributed by atoms with Crippen molar-refractivity contribution in [1.29, 1.82) is 0 Å². The van der Waals surface area contributed by atoms with Crippen LogP contribution in [0.4, 0.5) is 0 Å². The molecule has 28 heavy (non-hydrogen) atoms. The Hall–Kier alpha value is -2.84. The van der Waals surface area contributed by atoms with Gasteiger partial charge in [-0.05, 0) is 37.5 Å². The highest BCUT2D eigenvalue weighted by atomic mass is 16.6. The molecule has 0 radical (unpaired) electrons. The van der Waals surface area contributed by atoms with Crippen LogP contribution in [-0.2, 0) is 29.1 Å². The summed E-state index contributed by atoms with van der Waals surface area (Å²) in [6.07, 6.45) is 2.76. The predicted octanol–water partition coefficient (Wildman–Crippen LogP) is 1.34. The molecule has 0 amide bonds. The standard InChI is InChI=1S/C20H25N3O5/c1-3-22-16-12-17(27-2)15(11-13-5-7-14(24)8-6-13)18(16)19(25)23(20(22)26)9-4-10-28-21/h5-8,12,15,24H,3-4,9-11,21H2,1-2H3. The van der Waals surface area contributed by atoms with E-state index >= 15 is 0 Å². The van der Waals surface area contributed by atoms with Gasteiger partial charge in [0, 0.05) is 19.2 Å². The molecule has 0 bridgehead atoms. The number of allylic oxidation sites excluding steroid dienone is 1. The Labute approximate surface area is 162 Å². The zero-order valence-corrected chi connectivity index (χ0v) is 16.1. The number of ether oxygens (including phenoxy) is 1. The molecule has 0 saturated heterocycles. The molecule has 0 spiro atoms. The highest BCUT2D eigenvalue weighted by molar-refractivity contribution is 5.62. The van der Waals surface area contributed by atoms with Crippen LogP contribution in [0.2, 0.25) is 0 Å². The molecular weight excluding hydrogens is 362 g/mol. The second-order valence-electron chi connectivity index (χ2n) is 6.68. The summed E-state index contributed by atoms with van der Waals surface area (Å²) in [6, 6.07) is 6.85. The number of nitrogens with zero attached hydrogens (tertiary/aromatic N) is 2. The van der Waals surface area contributed by atoms with Gasteiger partial charge in [0.15, 0.2) is 0 Å². The molecule has 8 nitrogen and oxygen atoms in total. The van der Waals surface area contributed by atoms with E-state index in [4.69, 9.17) is 10.6 Å². The summed E-state index contributed by atoms with van der Waals surface area (Å²) in [7, 11) is 1.56. The lowest BCUT2D eigenvalue weighted by atomic mass is 9.94. The van der Waals surface area contributed by atoms with Gasteiger partial charge in [0.1, 0.15) is 11.5 Å². The molecule has 1 atom stereocenters. The van der Waals surface area contributed by atoms with E-state index in [2.05, 4.69) is 4.84 Å². The maximum absolute atomic E-state index is 13.2. The van der Waals surface area contributed by atoms with Crippen molar-refractivity contribution >= 4 is 6.08 Å². The number of nitrogens with two attached hydrogens (primary N) is 1. The number of fused-ring (bicyclic) bond motifs is 1. The number of benzene rings is 1. The topological polar surface area (TPSA) is 109 Å². The molecule has 3 rings (SSSR count). The first-order valence-corrected chi connectivity index (χ1v) is 9.24. The van der Waals surface area contributed by atoms with Crippen molar-refractivity contribution < 1.29 is 14.7 Å². The lowest BCUT2D eigenvalue weighted by molar-refractivity contribution is 0.131. The molecule has 0 fully saturated rings. The van der Waals surface area contributed by atoms with E-state index in [1.54, 1.807) is 29.9 Å². The van der Waals surface area contributed by atoms with Gasteiger partial charge in [-0.15, -0.1) is 0 Å². The number of aromatic nitrogens is 2. The number of hydrogen-bond acceptors (Lipinski definition) is 6. The third kappa shape index (κ3) is 3.61. The summed E-state index contributed by atoms with van der Waals surface area (Å²) in [6.45, 7) is 2.80. The maximum Gasteiger partial charge on any atom is 0.331 e. The molecule has 1 unspecified atom stereocenters. The molecule has 3 N–H and O–H groups in total. The fraction of sp³-hybridized carbons (Fsp3) is 0.400. The van der Waals surface area contributed by atoms with Crippen LogP contribution in [0.1, 0.15) is 36.1 Å². The number of rotatable bonds is 8. The number of methoxy groups -OCH3 is 1. The van der Waals surface area contributed by atoms with Crippen LogP contribution in [0.15, 0.2) is 39.6 Å². The summed E-state index contributed by atoms with van der Waals surface area (Å²) >= 11 is 0. The predicted molar refractivity (Wildman–Crippen MR) is 105 cm³/mol. The van der Waals surface area contributed by atoms with Gasteiger partial charge in [-0.1, -0.05) is 12.1 Å². The first-order valence-electron chi connectivity index (χ1n) is 9.24. The van der Waals surface area contributed by atoms with E-state index in [0.717, 1.165) is 5.56 Å². The molecule has 1 heterocycles. The lowest BCUT2D eigenvalue weighted by Gasteiger charge is -2.18.